The number of benzene rings is 1. The van der Waals surface area contributed by atoms with Gasteiger partial charge in [0.05, 0.1) is 18.3 Å². The van der Waals surface area contributed by atoms with Gasteiger partial charge in [0.1, 0.15) is 0 Å². The number of carbonyl (C=O) groups is 1. The van der Waals surface area contributed by atoms with Gasteiger partial charge >= 0.3 is 5.97 Å². The number of hydrogen-bond acceptors (Lipinski definition) is 3. The van der Waals surface area contributed by atoms with Crippen LogP contribution in [0, 0.1) is 0 Å². The summed E-state index contributed by atoms with van der Waals surface area (Å²) in [4.78, 5) is 9.82. The van der Waals surface area contributed by atoms with Crippen LogP contribution in [0.25, 0.3) is 10.9 Å². The molecule has 1 heterocycles. The maximum Gasteiger partial charge on any atom is 0.302 e. The number of nitrogens with one attached hydrogen (secondary N) is 1. The van der Waals surface area contributed by atoms with E-state index < -0.39 is 0 Å². The number of ether oxygens (including phenoxy) is 1. The van der Waals surface area contributed by atoms with Crippen molar-refractivity contribution in [1.29, 1.82) is 0 Å². The fraction of sp³-hybridized carbons (Fsp3) is 0.273. The van der Waals surface area contributed by atoms with Gasteiger partial charge in [-0.05, 0) is 13.0 Å². The molecule has 0 saturated carbocycles. The van der Waals surface area contributed by atoms with Gasteiger partial charge in [-0.15, -0.1) is 0 Å². The Hall–Kier alpha value is -1.84. The van der Waals surface area contributed by atoms with Crippen molar-refractivity contribution in [3.05, 3.63) is 30.5 Å². The van der Waals surface area contributed by atoms with Crippen LogP contribution in [0.1, 0.15) is 13.8 Å². The van der Waals surface area contributed by atoms with Crippen LogP contribution in [-0.4, -0.2) is 22.8 Å². The summed E-state index contributed by atoms with van der Waals surface area (Å²) in [6.07, 6.45) is 1.81. The summed E-state index contributed by atoms with van der Waals surface area (Å²) in [5.41, 5.74) is 1.09. The molecule has 0 saturated heterocycles. The van der Waals surface area contributed by atoms with Crippen LogP contribution in [-0.2, 0) is 9.53 Å². The summed E-state index contributed by atoms with van der Waals surface area (Å²) < 4.78 is 4.40. The zero-order chi connectivity index (χ0) is 11.1. The third-order valence-corrected chi connectivity index (χ3v) is 1.70. The Labute approximate surface area is 88.3 Å². The van der Waals surface area contributed by atoms with E-state index in [1.165, 1.54) is 6.92 Å². The minimum absolute atomic E-state index is 0.211. The SMILES string of the molecule is CCOC(C)=O.c1ccc2[nH]ncc2c1. The van der Waals surface area contributed by atoms with Gasteiger partial charge in [0, 0.05) is 12.3 Å². The Balaban J connectivity index is 0.000000167. The normalized spacial score (nSPS) is 9.20. The van der Waals surface area contributed by atoms with Crippen molar-refractivity contribution >= 4 is 16.9 Å². The molecule has 0 amide bonds. The molecule has 15 heavy (non-hydrogen) atoms. The monoisotopic (exact) mass is 206 g/mol. The first-order valence-corrected chi connectivity index (χ1v) is 4.75. The maximum absolute atomic E-state index is 9.82. The molecule has 0 radical (unpaired) electrons. The number of nitrogens with zero attached hydrogens (tertiary/aromatic N) is 1. The van der Waals surface area contributed by atoms with Gasteiger partial charge in [-0.25, -0.2) is 0 Å². The van der Waals surface area contributed by atoms with E-state index in [-0.39, 0.29) is 5.97 Å². The Morgan fingerprint density at radius 1 is 1.47 bits per heavy atom. The van der Waals surface area contributed by atoms with Gasteiger partial charge in [-0.1, -0.05) is 18.2 Å². The molecule has 4 heteroatoms. The van der Waals surface area contributed by atoms with Crippen LogP contribution in [0.5, 0.6) is 0 Å². The molecular formula is C11H14N2O2. The van der Waals surface area contributed by atoms with Crippen LogP contribution in [0.3, 0.4) is 0 Å². The fourth-order valence-electron chi connectivity index (χ4n) is 1.09. The molecule has 0 aliphatic carbocycles. The van der Waals surface area contributed by atoms with E-state index in [9.17, 15) is 4.79 Å². The van der Waals surface area contributed by atoms with Crippen molar-refractivity contribution in [1.82, 2.24) is 10.2 Å². The number of H-pyrrole nitrogens is 1. The molecule has 0 unspecified atom stereocenters. The summed E-state index contributed by atoms with van der Waals surface area (Å²) in [6, 6.07) is 8.01. The predicted molar refractivity (Wildman–Crippen MR) is 58.4 cm³/mol. The van der Waals surface area contributed by atoms with E-state index in [1.54, 1.807) is 6.92 Å². The van der Waals surface area contributed by atoms with E-state index in [4.69, 9.17) is 0 Å². The predicted octanol–water partition coefficient (Wildman–Crippen LogP) is 2.13. The maximum atomic E-state index is 9.82. The molecular weight excluding hydrogens is 192 g/mol. The minimum atomic E-state index is -0.211. The Kier molecular flexibility index (Phi) is 4.34. The average molecular weight is 206 g/mol. The number of carbonyl (C=O) groups excluding carboxylic acids is 1. The van der Waals surface area contributed by atoms with Crippen molar-refractivity contribution in [2.24, 2.45) is 0 Å². The third-order valence-electron chi connectivity index (χ3n) is 1.70. The van der Waals surface area contributed by atoms with E-state index in [0.29, 0.717) is 6.61 Å². The average Bonchev–Trinajstić information content (AvgIpc) is 2.65. The van der Waals surface area contributed by atoms with Gasteiger partial charge < -0.3 is 4.74 Å². The van der Waals surface area contributed by atoms with Gasteiger partial charge in [-0.2, -0.15) is 5.10 Å². The first-order chi connectivity index (χ1) is 7.24. The summed E-state index contributed by atoms with van der Waals surface area (Å²) in [7, 11) is 0. The summed E-state index contributed by atoms with van der Waals surface area (Å²) in [5.74, 6) is -0.211. The standard InChI is InChI=1S/C7H6N2.C4H8O2/c1-2-4-7-6(3-1)5-8-9-7;1-3-6-4(2)5/h1-5H,(H,8,9);3H2,1-2H3. The van der Waals surface area contributed by atoms with Crippen molar-refractivity contribution in [2.45, 2.75) is 13.8 Å². The van der Waals surface area contributed by atoms with Crippen molar-refractivity contribution < 1.29 is 9.53 Å². The Morgan fingerprint density at radius 2 is 2.20 bits per heavy atom. The summed E-state index contributed by atoms with van der Waals surface area (Å²) in [6.45, 7) is 3.65. The highest BCUT2D eigenvalue weighted by molar-refractivity contribution is 5.77. The smallest absolute Gasteiger partial charge is 0.302 e. The van der Waals surface area contributed by atoms with Gasteiger partial charge in [0.25, 0.3) is 0 Å². The Bertz CT molecular complexity index is 393. The number of para-hydroxylation sites is 1. The zero-order valence-corrected chi connectivity index (χ0v) is 8.86. The van der Waals surface area contributed by atoms with Crippen molar-refractivity contribution in [3.63, 3.8) is 0 Å². The second-order valence-corrected chi connectivity index (χ2v) is 2.88. The Morgan fingerprint density at radius 3 is 2.73 bits per heavy atom. The quantitative estimate of drug-likeness (QED) is 0.727. The van der Waals surface area contributed by atoms with E-state index >= 15 is 0 Å². The minimum Gasteiger partial charge on any atom is -0.466 e. The van der Waals surface area contributed by atoms with Gasteiger partial charge in [0.15, 0.2) is 0 Å². The van der Waals surface area contributed by atoms with Crippen molar-refractivity contribution in [2.75, 3.05) is 6.61 Å². The molecule has 1 N–H and O–H groups in total. The highest BCUT2D eigenvalue weighted by atomic mass is 16.5. The largest absolute Gasteiger partial charge is 0.466 e. The van der Waals surface area contributed by atoms with Crippen LogP contribution >= 0.6 is 0 Å². The van der Waals surface area contributed by atoms with Crippen molar-refractivity contribution in [3.8, 4) is 0 Å². The number of aromatic nitrogens is 2. The van der Waals surface area contributed by atoms with E-state index in [0.717, 1.165) is 10.9 Å². The lowest BCUT2D eigenvalue weighted by molar-refractivity contribution is -0.140. The molecule has 0 spiro atoms. The molecule has 1 aromatic heterocycles. The molecule has 1 aromatic carbocycles. The van der Waals surface area contributed by atoms with Crippen LogP contribution in [0.2, 0.25) is 0 Å². The lowest BCUT2D eigenvalue weighted by Gasteiger charge is -1.89. The molecule has 0 atom stereocenters. The first-order valence-electron chi connectivity index (χ1n) is 4.75. The molecule has 0 aliphatic heterocycles. The second kappa shape index (κ2) is 5.80. The molecule has 0 bridgehead atoms. The zero-order valence-electron chi connectivity index (χ0n) is 8.86. The second-order valence-electron chi connectivity index (χ2n) is 2.88. The molecule has 2 aromatic rings. The van der Waals surface area contributed by atoms with Crippen LogP contribution < -0.4 is 0 Å². The third kappa shape index (κ3) is 3.81. The fourth-order valence-corrected chi connectivity index (χ4v) is 1.09. The number of rotatable bonds is 1. The molecule has 4 nitrogen and oxygen atoms in total. The highest BCUT2D eigenvalue weighted by Gasteiger charge is 1.88. The van der Waals surface area contributed by atoms with Crippen LogP contribution in [0.4, 0.5) is 0 Å². The molecule has 80 valence electrons. The summed E-state index contributed by atoms with van der Waals surface area (Å²) >= 11 is 0. The number of hydrogen-bond donors (Lipinski definition) is 1. The number of esters is 1. The van der Waals surface area contributed by atoms with E-state index in [2.05, 4.69) is 14.9 Å². The number of fused-ring (bicyclic) bond motifs is 1. The van der Waals surface area contributed by atoms with Gasteiger partial charge in [0.2, 0.25) is 0 Å². The molecule has 2 rings (SSSR count). The number of aromatic amines is 1. The van der Waals surface area contributed by atoms with E-state index in [1.807, 2.05) is 30.5 Å². The topological polar surface area (TPSA) is 55.0 Å². The highest BCUT2D eigenvalue weighted by Crippen LogP contribution is 2.06. The molecule has 0 fully saturated rings. The van der Waals surface area contributed by atoms with Gasteiger partial charge in [-0.3, -0.25) is 9.89 Å². The first kappa shape index (κ1) is 11.2. The lowest BCUT2D eigenvalue weighted by Crippen LogP contribution is -1.95. The lowest BCUT2D eigenvalue weighted by atomic mass is 10.3. The molecule has 0 aliphatic rings. The summed E-state index contributed by atoms with van der Waals surface area (Å²) in [5, 5.41) is 7.91. The van der Waals surface area contributed by atoms with Crippen LogP contribution in [0.15, 0.2) is 30.5 Å².